The molecule has 0 aromatic heterocycles. The third-order valence-electron chi connectivity index (χ3n) is 4.17. The summed E-state index contributed by atoms with van der Waals surface area (Å²) in [7, 11) is 3.29. The number of methoxy groups -OCH3 is 2. The monoisotopic (exact) mass is 433 g/mol. The number of benzene rings is 2. The van der Waals surface area contributed by atoms with Gasteiger partial charge >= 0.3 is 0 Å². The number of amides is 1. The number of rotatable bonds is 5. The van der Waals surface area contributed by atoms with Crippen molar-refractivity contribution in [1.82, 2.24) is 4.90 Å². The number of carbonyl (C=O) groups excluding carboxylic acids is 1. The fourth-order valence-electron chi connectivity index (χ4n) is 2.83. The standard InChI is InChI=1S/C20H20BrNO3S/c1-24-16-7-3-14(4-8-16)5-10-19(23)22-11-12-26-20(22)17-13-15(21)6-9-18(17)25-2/h3-10,13,20H,11-12H2,1-2H3/b10-5+. The molecule has 6 heteroatoms. The Morgan fingerprint density at radius 2 is 1.96 bits per heavy atom. The maximum Gasteiger partial charge on any atom is 0.247 e. The van der Waals surface area contributed by atoms with E-state index in [9.17, 15) is 4.79 Å². The fourth-order valence-corrected chi connectivity index (χ4v) is 4.49. The number of halogens is 1. The summed E-state index contributed by atoms with van der Waals surface area (Å²) in [4.78, 5) is 14.6. The zero-order valence-corrected chi connectivity index (χ0v) is 17.0. The lowest BCUT2D eigenvalue weighted by molar-refractivity contribution is -0.126. The Morgan fingerprint density at radius 3 is 2.65 bits per heavy atom. The molecule has 1 aliphatic heterocycles. The topological polar surface area (TPSA) is 38.8 Å². The van der Waals surface area contributed by atoms with Gasteiger partial charge in [-0.05, 0) is 42.0 Å². The van der Waals surface area contributed by atoms with E-state index in [-0.39, 0.29) is 11.3 Å². The minimum atomic E-state index is -0.0459. The second kappa shape index (κ2) is 8.64. The van der Waals surface area contributed by atoms with Crippen LogP contribution in [0.4, 0.5) is 0 Å². The molecule has 0 spiro atoms. The Kier molecular flexibility index (Phi) is 6.27. The van der Waals surface area contributed by atoms with Crippen LogP contribution in [0.15, 0.2) is 53.0 Å². The normalized spacial score (nSPS) is 16.9. The molecular weight excluding hydrogens is 414 g/mol. The fraction of sp³-hybridized carbons (Fsp3) is 0.250. The number of hydrogen-bond acceptors (Lipinski definition) is 4. The molecule has 2 aromatic carbocycles. The minimum absolute atomic E-state index is 0.00199. The molecule has 1 heterocycles. The first kappa shape index (κ1) is 18.9. The van der Waals surface area contributed by atoms with Crippen LogP contribution in [0.25, 0.3) is 6.08 Å². The molecule has 0 saturated carbocycles. The van der Waals surface area contributed by atoms with Gasteiger partial charge in [-0.15, -0.1) is 11.8 Å². The van der Waals surface area contributed by atoms with Crippen molar-refractivity contribution in [2.24, 2.45) is 0 Å². The Morgan fingerprint density at radius 1 is 1.19 bits per heavy atom. The molecule has 1 saturated heterocycles. The van der Waals surface area contributed by atoms with Gasteiger partial charge in [0.1, 0.15) is 16.9 Å². The number of carbonyl (C=O) groups is 1. The van der Waals surface area contributed by atoms with Crippen molar-refractivity contribution in [3.63, 3.8) is 0 Å². The highest BCUT2D eigenvalue weighted by Crippen LogP contribution is 2.42. The molecule has 2 aromatic rings. The highest BCUT2D eigenvalue weighted by molar-refractivity contribution is 9.10. The van der Waals surface area contributed by atoms with Gasteiger partial charge in [0.05, 0.1) is 14.2 Å². The zero-order valence-electron chi connectivity index (χ0n) is 14.6. The molecule has 0 N–H and O–H groups in total. The smallest absolute Gasteiger partial charge is 0.247 e. The largest absolute Gasteiger partial charge is 0.497 e. The van der Waals surface area contributed by atoms with E-state index < -0.39 is 0 Å². The molecule has 1 fully saturated rings. The number of hydrogen-bond donors (Lipinski definition) is 0. The van der Waals surface area contributed by atoms with E-state index >= 15 is 0 Å². The second-order valence-electron chi connectivity index (χ2n) is 5.75. The van der Waals surface area contributed by atoms with Gasteiger partial charge in [-0.2, -0.15) is 0 Å². The Balaban J connectivity index is 1.78. The molecular formula is C20H20BrNO3S. The van der Waals surface area contributed by atoms with E-state index in [1.807, 2.05) is 53.4 Å². The van der Waals surface area contributed by atoms with E-state index in [1.165, 1.54) is 0 Å². The van der Waals surface area contributed by atoms with E-state index in [0.29, 0.717) is 0 Å². The van der Waals surface area contributed by atoms with Crippen LogP contribution in [0.1, 0.15) is 16.5 Å². The quantitative estimate of drug-likeness (QED) is 0.637. The predicted molar refractivity (Wildman–Crippen MR) is 110 cm³/mol. The molecule has 0 aliphatic carbocycles. The molecule has 0 radical (unpaired) electrons. The first-order valence-electron chi connectivity index (χ1n) is 8.20. The lowest BCUT2D eigenvalue weighted by Crippen LogP contribution is -2.28. The Labute approximate surface area is 166 Å². The van der Waals surface area contributed by atoms with Crippen molar-refractivity contribution in [2.75, 3.05) is 26.5 Å². The SMILES string of the molecule is COc1ccc(/C=C/C(=O)N2CCSC2c2cc(Br)ccc2OC)cc1. The molecule has 26 heavy (non-hydrogen) atoms. The van der Waals surface area contributed by atoms with Crippen molar-refractivity contribution in [3.8, 4) is 11.5 Å². The van der Waals surface area contributed by atoms with Gasteiger partial charge in [-0.3, -0.25) is 4.79 Å². The molecule has 1 aliphatic rings. The van der Waals surface area contributed by atoms with E-state index in [4.69, 9.17) is 9.47 Å². The molecule has 1 atom stereocenters. The lowest BCUT2D eigenvalue weighted by atomic mass is 10.1. The molecule has 0 bridgehead atoms. The third kappa shape index (κ3) is 4.24. The zero-order chi connectivity index (χ0) is 18.5. The highest BCUT2D eigenvalue weighted by Gasteiger charge is 2.31. The van der Waals surface area contributed by atoms with Crippen LogP contribution in [-0.4, -0.2) is 37.3 Å². The lowest BCUT2D eigenvalue weighted by Gasteiger charge is -2.24. The summed E-state index contributed by atoms with van der Waals surface area (Å²) < 4.78 is 11.6. The predicted octanol–water partition coefficient (Wildman–Crippen LogP) is 4.75. The first-order chi connectivity index (χ1) is 12.6. The summed E-state index contributed by atoms with van der Waals surface area (Å²) >= 11 is 5.26. The van der Waals surface area contributed by atoms with Gasteiger partial charge in [0, 0.05) is 28.4 Å². The maximum atomic E-state index is 12.8. The van der Waals surface area contributed by atoms with Crippen molar-refractivity contribution < 1.29 is 14.3 Å². The summed E-state index contributed by atoms with van der Waals surface area (Å²) in [6.45, 7) is 0.719. The molecule has 3 rings (SSSR count). The third-order valence-corrected chi connectivity index (χ3v) is 5.90. The average Bonchev–Trinajstić information content (AvgIpc) is 3.16. The highest BCUT2D eigenvalue weighted by atomic mass is 79.9. The summed E-state index contributed by atoms with van der Waals surface area (Å²) in [6, 6.07) is 13.5. The van der Waals surface area contributed by atoms with E-state index in [2.05, 4.69) is 15.9 Å². The minimum Gasteiger partial charge on any atom is -0.497 e. The van der Waals surface area contributed by atoms with Crippen molar-refractivity contribution in [1.29, 1.82) is 0 Å². The van der Waals surface area contributed by atoms with Gasteiger partial charge in [0.15, 0.2) is 0 Å². The summed E-state index contributed by atoms with van der Waals surface area (Å²) in [6.07, 6.45) is 3.46. The molecule has 1 unspecified atom stereocenters. The van der Waals surface area contributed by atoms with Crippen LogP contribution in [0.3, 0.4) is 0 Å². The van der Waals surface area contributed by atoms with Crippen LogP contribution >= 0.6 is 27.7 Å². The summed E-state index contributed by atoms with van der Waals surface area (Å²) in [5, 5.41) is -0.0459. The van der Waals surface area contributed by atoms with Crippen LogP contribution in [-0.2, 0) is 4.79 Å². The Hall–Kier alpha value is -1.92. The van der Waals surface area contributed by atoms with Crippen molar-refractivity contribution in [2.45, 2.75) is 5.37 Å². The van der Waals surface area contributed by atoms with E-state index in [0.717, 1.165) is 39.4 Å². The van der Waals surface area contributed by atoms with Crippen LogP contribution in [0.2, 0.25) is 0 Å². The number of thioether (sulfide) groups is 1. The van der Waals surface area contributed by atoms with Gasteiger partial charge in [0.2, 0.25) is 5.91 Å². The van der Waals surface area contributed by atoms with Crippen LogP contribution < -0.4 is 9.47 Å². The van der Waals surface area contributed by atoms with Gasteiger partial charge in [-0.25, -0.2) is 0 Å². The number of nitrogens with zero attached hydrogens (tertiary/aromatic N) is 1. The second-order valence-corrected chi connectivity index (χ2v) is 7.85. The molecule has 1 amide bonds. The van der Waals surface area contributed by atoms with Gasteiger partial charge in [0.25, 0.3) is 0 Å². The Bertz CT molecular complexity index is 807. The van der Waals surface area contributed by atoms with Crippen molar-refractivity contribution >= 4 is 39.7 Å². The summed E-state index contributed by atoms with van der Waals surface area (Å²) in [5.74, 6) is 2.50. The summed E-state index contributed by atoms with van der Waals surface area (Å²) in [5.41, 5.74) is 1.97. The average molecular weight is 434 g/mol. The van der Waals surface area contributed by atoms with Gasteiger partial charge < -0.3 is 14.4 Å². The number of ether oxygens (including phenoxy) is 2. The van der Waals surface area contributed by atoms with E-state index in [1.54, 1.807) is 32.1 Å². The van der Waals surface area contributed by atoms with Gasteiger partial charge in [-0.1, -0.05) is 28.1 Å². The van der Waals surface area contributed by atoms with Crippen LogP contribution in [0, 0.1) is 0 Å². The molecule has 136 valence electrons. The molecule has 4 nitrogen and oxygen atoms in total. The first-order valence-corrected chi connectivity index (χ1v) is 10.0. The van der Waals surface area contributed by atoms with Crippen molar-refractivity contribution in [3.05, 3.63) is 64.1 Å². The maximum absolute atomic E-state index is 12.8. The van der Waals surface area contributed by atoms with Crippen LogP contribution in [0.5, 0.6) is 11.5 Å².